The SMILES string of the molecule is COc1cc(/C=C/C(=O)OCC2OC(O)[C@H](O)[C@@H](O)[C@H]2O)ccc1O. The Morgan fingerprint density at radius 3 is 2.60 bits per heavy atom. The number of hydrogen-bond donors (Lipinski definition) is 5. The molecule has 9 heteroatoms. The van der Waals surface area contributed by atoms with Crippen molar-refractivity contribution in [1.29, 1.82) is 0 Å². The van der Waals surface area contributed by atoms with E-state index in [4.69, 9.17) is 14.2 Å². The average Bonchev–Trinajstić information content (AvgIpc) is 2.61. The predicted molar refractivity (Wildman–Crippen MR) is 83.6 cm³/mol. The molecular weight excluding hydrogens is 336 g/mol. The number of phenolic OH excluding ortho intramolecular Hbond substituents is 1. The Morgan fingerprint density at radius 2 is 1.92 bits per heavy atom. The Morgan fingerprint density at radius 1 is 1.20 bits per heavy atom. The van der Waals surface area contributed by atoms with Gasteiger partial charge in [-0.25, -0.2) is 4.79 Å². The van der Waals surface area contributed by atoms with Crippen LogP contribution in [0.4, 0.5) is 0 Å². The zero-order valence-electron chi connectivity index (χ0n) is 13.3. The maximum atomic E-state index is 11.7. The number of methoxy groups -OCH3 is 1. The van der Waals surface area contributed by atoms with E-state index in [1.165, 1.54) is 25.3 Å². The van der Waals surface area contributed by atoms with Crippen LogP contribution in [0.15, 0.2) is 24.3 Å². The fourth-order valence-corrected chi connectivity index (χ4v) is 2.24. The van der Waals surface area contributed by atoms with Crippen LogP contribution in [0.1, 0.15) is 5.56 Å². The van der Waals surface area contributed by atoms with Crippen LogP contribution in [0.3, 0.4) is 0 Å². The Labute approximate surface area is 143 Å². The fraction of sp³-hybridized carbons (Fsp3) is 0.438. The molecule has 1 aliphatic rings. The Kier molecular flexibility index (Phi) is 6.34. The van der Waals surface area contributed by atoms with E-state index >= 15 is 0 Å². The van der Waals surface area contributed by atoms with Gasteiger partial charge in [0.05, 0.1) is 7.11 Å². The van der Waals surface area contributed by atoms with Gasteiger partial charge in [-0.2, -0.15) is 0 Å². The van der Waals surface area contributed by atoms with Gasteiger partial charge in [-0.1, -0.05) is 6.07 Å². The third-order valence-electron chi connectivity index (χ3n) is 3.69. The molecule has 1 fully saturated rings. The highest BCUT2D eigenvalue weighted by atomic mass is 16.6. The van der Waals surface area contributed by atoms with E-state index in [0.717, 1.165) is 6.08 Å². The number of hydrogen-bond acceptors (Lipinski definition) is 9. The van der Waals surface area contributed by atoms with Gasteiger partial charge in [0.15, 0.2) is 17.8 Å². The summed E-state index contributed by atoms with van der Waals surface area (Å²) in [6.45, 7) is -0.427. The molecule has 1 aliphatic heterocycles. The van der Waals surface area contributed by atoms with Gasteiger partial charge < -0.3 is 39.7 Å². The summed E-state index contributed by atoms with van der Waals surface area (Å²) in [5.41, 5.74) is 0.578. The van der Waals surface area contributed by atoms with Gasteiger partial charge in [-0.15, -0.1) is 0 Å². The van der Waals surface area contributed by atoms with Gasteiger partial charge >= 0.3 is 5.97 Å². The number of esters is 1. The Balaban J connectivity index is 1.90. The average molecular weight is 356 g/mol. The first-order chi connectivity index (χ1) is 11.8. The van der Waals surface area contributed by atoms with Crippen LogP contribution in [0, 0.1) is 0 Å². The molecule has 2 rings (SSSR count). The number of aliphatic hydroxyl groups is 4. The van der Waals surface area contributed by atoms with Crippen molar-refractivity contribution >= 4 is 12.0 Å². The molecule has 5 atom stereocenters. The minimum Gasteiger partial charge on any atom is -0.504 e. The largest absolute Gasteiger partial charge is 0.504 e. The summed E-state index contributed by atoms with van der Waals surface area (Å²) < 4.78 is 14.7. The molecule has 1 saturated heterocycles. The van der Waals surface area contributed by atoms with Crippen molar-refractivity contribution in [3.05, 3.63) is 29.8 Å². The molecule has 25 heavy (non-hydrogen) atoms. The van der Waals surface area contributed by atoms with Gasteiger partial charge in [-0.05, 0) is 23.8 Å². The third-order valence-corrected chi connectivity index (χ3v) is 3.69. The standard InChI is InChI=1S/C16H20O9/c1-23-10-6-8(2-4-9(10)17)3-5-12(18)24-7-11-13(19)14(20)15(21)16(22)25-11/h2-6,11,13-17,19-22H,7H2,1H3/b5-3+/t11?,13-,14-,15+,16?/m0/s1. The quantitative estimate of drug-likeness (QED) is 0.323. The lowest BCUT2D eigenvalue weighted by molar-refractivity contribution is -0.287. The van der Waals surface area contributed by atoms with Crippen molar-refractivity contribution in [3.63, 3.8) is 0 Å². The summed E-state index contributed by atoms with van der Waals surface area (Å²) in [6, 6.07) is 4.48. The minimum atomic E-state index is -1.69. The molecule has 0 bridgehead atoms. The molecule has 1 aromatic carbocycles. The fourth-order valence-electron chi connectivity index (χ4n) is 2.24. The number of carbonyl (C=O) groups is 1. The van der Waals surface area contributed by atoms with Crippen LogP contribution >= 0.6 is 0 Å². The molecule has 0 aliphatic carbocycles. The van der Waals surface area contributed by atoms with Gasteiger partial charge in [0.25, 0.3) is 0 Å². The molecule has 138 valence electrons. The van der Waals surface area contributed by atoms with E-state index in [9.17, 15) is 30.3 Å². The van der Waals surface area contributed by atoms with E-state index in [-0.39, 0.29) is 11.5 Å². The van der Waals surface area contributed by atoms with Crippen LogP contribution in [0.25, 0.3) is 6.08 Å². The summed E-state index contributed by atoms with van der Waals surface area (Å²) in [4.78, 5) is 11.7. The van der Waals surface area contributed by atoms with Crippen molar-refractivity contribution in [2.45, 2.75) is 30.7 Å². The molecular formula is C16H20O9. The topological polar surface area (TPSA) is 146 Å². The number of carbonyl (C=O) groups excluding carboxylic acids is 1. The van der Waals surface area contributed by atoms with Crippen LogP contribution in [0.2, 0.25) is 0 Å². The molecule has 1 heterocycles. The number of aromatic hydroxyl groups is 1. The number of rotatable bonds is 5. The van der Waals surface area contributed by atoms with Gasteiger partial charge in [0, 0.05) is 6.08 Å². The summed E-state index contributed by atoms with van der Waals surface area (Å²) >= 11 is 0. The van der Waals surface area contributed by atoms with Crippen molar-refractivity contribution in [2.75, 3.05) is 13.7 Å². The van der Waals surface area contributed by atoms with Crippen molar-refractivity contribution < 1.29 is 44.5 Å². The maximum absolute atomic E-state index is 11.7. The zero-order valence-corrected chi connectivity index (χ0v) is 13.3. The molecule has 0 aromatic heterocycles. The van der Waals surface area contributed by atoms with E-state index in [1.807, 2.05) is 0 Å². The lowest BCUT2D eigenvalue weighted by Crippen LogP contribution is -2.58. The highest BCUT2D eigenvalue weighted by Crippen LogP contribution is 2.26. The van der Waals surface area contributed by atoms with E-state index in [1.54, 1.807) is 6.07 Å². The Hall–Kier alpha value is -2.17. The van der Waals surface area contributed by atoms with Crippen LogP contribution in [-0.2, 0) is 14.3 Å². The number of benzene rings is 1. The molecule has 9 nitrogen and oxygen atoms in total. The van der Waals surface area contributed by atoms with Crippen molar-refractivity contribution in [1.82, 2.24) is 0 Å². The highest BCUT2D eigenvalue weighted by Gasteiger charge is 2.43. The maximum Gasteiger partial charge on any atom is 0.330 e. The number of phenols is 1. The lowest BCUT2D eigenvalue weighted by Gasteiger charge is -2.37. The second-order valence-electron chi connectivity index (χ2n) is 5.43. The van der Waals surface area contributed by atoms with Crippen molar-refractivity contribution in [3.8, 4) is 11.5 Å². The van der Waals surface area contributed by atoms with Crippen LogP contribution in [-0.4, -0.2) is 75.9 Å². The first kappa shape index (κ1) is 19.2. The summed E-state index contributed by atoms with van der Waals surface area (Å²) in [5.74, 6) is -0.543. The van der Waals surface area contributed by atoms with E-state index in [0.29, 0.717) is 5.56 Å². The summed E-state index contributed by atoms with van der Waals surface area (Å²) in [5, 5.41) is 47.5. The zero-order chi connectivity index (χ0) is 18.6. The first-order valence-corrected chi connectivity index (χ1v) is 7.43. The van der Waals surface area contributed by atoms with Gasteiger partial charge in [0.2, 0.25) is 0 Å². The number of ether oxygens (including phenoxy) is 3. The number of aliphatic hydroxyl groups excluding tert-OH is 4. The third kappa shape index (κ3) is 4.68. The predicted octanol–water partition coefficient (Wildman–Crippen LogP) is -1.24. The first-order valence-electron chi connectivity index (χ1n) is 7.43. The summed E-state index contributed by atoms with van der Waals surface area (Å²) in [6.07, 6.45) is -5.12. The van der Waals surface area contributed by atoms with E-state index < -0.39 is 43.3 Å². The van der Waals surface area contributed by atoms with Crippen molar-refractivity contribution in [2.24, 2.45) is 0 Å². The second kappa shape index (κ2) is 8.28. The van der Waals surface area contributed by atoms with Gasteiger partial charge in [-0.3, -0.25) is 0 Å². The molecule has 0 spiro atoms. The highest BCUT2D eigenvalue weighted by molar-refractivity contribution is 5.87. The van der Waals surface area contributed by atoms with Crippen LogP contribution in [0.5, 0.6) is 11.5 Å². The van der Waals surface area contributed by atoms with Gasteiger partial charge in [0.1, 0.15) is 31.0 Å². The second-order valence-corrected chi connectivity index (χ2v) is 5.43. The Bertz CT molecular complexity index is 630. The minimum absolute atomic E-state index is 0.0371. The van der Waals surface area contributed by atoms with Crippen LogP contribution < -0.4 is 4.74 Å². The monoisotopic (exact) mass is 356 g/mol. The molecule has 1 aromatic rings. The molecule has 0 saturated carbocycles. The summed E-state index contributed by atoms with van der Waals surface area (Å²) in [7, 11) is 1.39. The molecule has 0 radical (unpaired) electrons. The lowest BCUT2D eigenvalue weighted by atomic mass is 9.99. The molecule has 0 amide bonds. The van der Waals surface area contributed by atoms with E-state index in [2.05, 4.69) is 0 Å². The molecule has 5 N–H and O–H groups in total. The smallest absolute Gasteiger partial charge is 0.330 e. The normalized spacial score (nSPS) is 29.6. The molecule has 2 unspecified atom stereocenters.